The molecule has 0 spiro atoms. The van der Waals surface area contributed by atoms with Crippen molar-refractivity contribution in [2.75, 3.05) is 4.90 Å². The maximum atomic E-state index is 14.6. The molecular formula is C35H30N2O2. The van der Waals surface area contributed by atoms with Crippen molar-refractivity contribution in [1.82, 2.24) is 0 Å². The fourth-order valence-corrected chi connectivity index (χ4v) is 7.47. The molecule has 2 atom stereocenters. The minimum Gasteiger partial charge on any atom is -0.274 e. The van der Waals surface area contributed by atoms with Gasteiger partial charge in [-0.2, -0.15) is 0 Å². The zero-order chi connectivity index (χ0) is 27.1. The van der Waals surface area contributed by atoms with Gasteiger partial charge in [0.05, 0.1) is 28.6 Å². The van der Waals surface area contributed by atoms with Crippen LogP contribution in [0.15, 0.2) is 89.9 Å². The number of carbonyl (C=O) groups excluding carboxylic acids is 2. The van der Waals surface area contributed by atoms with Crippen molar-refractivity contribution in [2.45, 2.75) is 39.0 Å². The van der Waals surface area contributed by atoms with Crippen LogP contribution >= 0.6 is 0 Å². The van der Waals surface area contributed by atoms with Gasteiger partial charge < -0.3 is 0 Å². The van der Waals surface area contributed by atoms with E-state index in [1.807, 2.05) is 68.6 Å². The minimum atomic E-state index is -0.857. The molecule has 1 aliphatic heterocycles. The Labute approximate surface area is 229 Å². The van der Waals surface area contributed by atoms with Gasteiger partial charge in [0.1, 0.15) is 0 Å². The molecule has 0 unspecified atom stereocenters. The first-order valence-electron chi connectivity index (χ1n) is 13.6. The highest BCUT2D eigenvalue weighted by Crippen LogP contribution is 2.63. The van der Waals surface area contributed by atoms with Crippen LogP contribution in [-0.4, -0.2) is 18.0 Å². The van der Waals surface area contributed by atoms with E-state index in [0.717, 1.165) is 44.6 Å². The van der Waals surface area contributed by atoms with Crippen LogP contribution in [-0.2, 0) is 15.0 Å². The van der Waals surface area contributed by atoms with Crippen LogP contribution in [0.2, 0.25) is 0 Å². The second-order valence-corrected chi connectivity index (χ2v) is 11.4. The number of nitrogens with zero attached hydrogens (tertiary/aromatic N) is 2. The normalized spacial score (nSPS) is 24.7. The van der Waals surface area contributed by atoms with Crippen LogP contribution in [0.3, 0.4) is 0 Å². The molecule has 192 valence electrons. The van der Waals surface area contributed by atoms with Crippen LogP contribution in [0.25, 0.3) is 0 Å². The molecule has 1 heterocycles. The molecule has 39 heavy (non-hydrogen) atoms. The van der Waals surface area contributed by atoms with Gasteiger partial charge in [-0.3, -0.25) is 14.6 Å². The van der Waals surface area contributed by atoms with E-state index in [9.17, 15) is 9.59 Å². The molecule has 1 saturated heterocycles. The first-order chi connectivity index (χ1) is 18.8. The summed E-state index contributed by atoms with van der Waals surface area (Å²) in [5, 5.41) is 0. The number of benzene rings is 4. The monoisotopic (exact) mass is 510 g/mol. The second-order valence-electron chi connectivity index (χ2n) is 11.4. The molecule has 0 saturated carbocycles. The number of aliphatic imine (C=N–C) groups is 1. The molecule has 8 rings (SSSR count). The molecule has 1 fully saturated rings. The Bertz CT molecular complexity index is 1690. The zero-order valence-electron chi connectivity index (χ0n) is 22.6. The molecule has 4 aromatic carbocycles. The Morgan fingerprint density at radius 3 is 1.92 bits per heavy atom. The number of rotatable bonds is 3. The highest BCUT2D eigenvalue weighted by molar-refractivity contribution is 6.25. The van der Waals surface area contributed by atoms with Crippen molar-refractivity contribution < 1.29 is 9.59 Å². The molecule has 4 aromatic rings. The number of aryl methyl sites for hydroxylation is 4. The third kappa shape index (κ3) is 3.15. The van der Waals surface area contributed by atoms with E-state index in [-0.39, 0.29) is 17.7 Å². The Hall–Kier alpha value is -4.31. The number of imide groups is 1. The molecule has 2 amide bonds. The summed E-state index contributed by atoms with van der Waals surface area (Å²) in [6.07, 6.45) is 1.98. The average molecular weight is 511 g/mol. The van der Waals surface area contributed by atoms with Gasteiger partial charge in [0.25, 0.3) is 0 Å². The molecule has 4 nitrogen and oxygen atoms in total. The standard InChI is InChI=1S/C35H30N2O2/c1-20-13-15-28(22(3)17-20)36-19-35-26-11-7-5-9-24(26)30(25-10-6-8-12-27(25)35)31-32(35)34(39)37(33(31)38)29-16-14-21(2)18-23(29)4/h5-19,30-32H,1-4H3/t30?,31-,32-,35?/m0/s1. The van der Waals surface area contributed by atoms with E-state index in [2.05, 4.69) is 50.2 Å². The lowest BCUT2D eigenvalue weighted by Gasteiger charge is -2.52. The predicted molar refractivity (Wildman–Crippen MR) is 155 cm³/mol. The molecule has 2 bridgehead atoms. The lowest BCUT2D eigenvalue weighted by Crippen LogP contribution is -2.54. The first kappa shape index (κ1) is 23.8. The number of anilines is 1. The zero-order valence-corrected chi connectivity index (χ0v) is 22.6. The number of carbonyl (C=O) groups is 2. The van der Waals surface area contributed by atoms with Gasteiger partial charge in [-0.1, -0.05) is 83.9 Å². The maximum Gasteiger partial charge on any atom is 0.239 e. The molecule has 4 aliphatic rings. The lowest BCUT2D eigenvalue weighted by atomic mass is 9.47. The molecular weight excluding hydrogens is 480 g/mol. The van der Waals surface area contributed by atoms with Gasteiger partial charge in [-0.05, 0) is 73.2 Å². The van der Waals surface area contributed by atoms with E-state index in [1.54, 1.807) is 0 Å². The minimum absolute atomic E-state index is 0.116. The summed E-state index contributed by atoms with van der Waals surface area (Å²) in [5.74, 6) is -1.50. The Morgan fingerprint density at radius 2 is 1.31 bits per heavy atom. The third-order valence-electron chi connectivity index (χ3n) is 9.04. The van der Waals surface area contributed by atoms with Crippen molar-refractivity contribution in [3.05, 3.63) is 129 Å². The molecule has 0 aromatic heterocycles. The summed E-state index contributed by atoms with van der Waals surface area (Å²) < 4.78 is 0. The van der Waals surface area contributed by atoms with Crippen LogP contribution in [0.1, 0.15) is 50.4 Å². The summed E-state index contributed by atoms with van der Waals surface area (Å²) in [7, 11) is 0. The van der Waals surface area contributed by atoms with E-state index in [0.29, 0.717) is 5.69 Å². The van der Waals surface area contributed by atoms with Crippen LogP contribution in [0.5, 0.6) is 0 Å². The van der Waals surface area contributed by atoms with E-state index < -0.39 is 17.3 Å². The Balaban J connectivity index is 1.51. The summed E-state index contributed by atoms with van der Waals surface area (Å²) in [6, 6.07) is 28.8. The smallest absolute Gasteiger partial charge is 0.239 e. The first-order valence-corrected chi connectivity index (χ1v) is 13.6. The highest BCUT2D eigenvalue weighted by atomic mass is 16.2. The van der Waals surface area contributed by atoms with Crippen molar-refractivity contribution >= 4 is 29.4 Å². The Kier molecular flexibility index (Phi) is 5.09. The van der Waals surface area contributed by atoms with Crippen LogP contribution in [0, 0.1) is 39.5 Å². The highest BCUT2D eigenvalue weighted by Gasteiger charge is 2.68. The quantitative estimate of drug-likeness (QED) is 0.223. The van der Waals surface area contributed by atoms with Gasteiger partial charge in [0.15, 0.2) is 0 Å². The van der Waals surface area contributed by atoms with Crippen molar-refractivity contribution in [2.24, 2.45) is 16.8 Å². The number of amides is 2. The van der Waals surface area contributed by atoms with Gasteiger partial charge in [-0.25, -0.2) is 4.90 Å². The van der Waals surface area contributed by atoms with E-state index >= 15 is 0 Å². The van der Waals surface area contributed by atoms with Crippen molar-refractivity contribution in [1.29, 1.82) is 0 Å². The second kappa shape index (κ2) is 8.34. The topological polar surface area (TPSA) is 49.7 Å². The number of hydrogen-bond acceptors (Lipinski definition) is 3. The summed E-state index contributed by atoms with van der Waals surface area (Å²) in [5.41, 5.74) is 9.37. The van der Waals surface area contributed by atoms with Gasteiger partial charge in [-0.15, -0.1) is 0 Å². The third-order valence-corrected chi connectivity index (χ3v) is 9.04. The number of hydrogen-bond donors (Lipinski definition) is 0. The fourth-order valence-electron chi connectivity index (χ4n) is 7.47. The summed E-state index contributed by atoms with van der Waals surface area (Å²) >= 11 is 0. The van der Waals surface area contributed by atoms with Gasteiger partial charge >= 0.3 is 0 Å². The fraction of sp³-hybridized carbons (Fsp3) is 0.229. The average Bonchev–Trinajstić information content (AvgIpc) is 3.19. The van der Waals surface area contributed by atoms with Crippen LogP contribution in [0.4, 0.5) is 11.4 Å². The van der Waals surface area contributed by atoms with Crippen molar-refractivity contribution in [3.8, 4) is 0 Å². The SMILES string of the molecule is Cc1ccc(N=CC23c4ccccc4C(c4ccccc42)[C@@H]2C(=O)N(c4ccc(C)cc4C)C(=O)[C@H]23)c(C)c1. The van der Waals surface area contributed by atoms with Crippen molar-refractivity contribution in [3.63, 3.8) is 0 Å². The molecule has 3 aliphatic carbocycles. The summed E-state index contributed by atoms with van der Waals surface area (Å²) in [4.78, 5) is 35.5. The van der Waals surface area contributed by atoms with Crippen LogP contribution < -0.4 is 4.90 Å². The van der Waals surface area contributed by atoms with Gasteiger partial charge in [0.2, 0.25) is 11.8 Å². The largest absolute Gasteiger partial charge is 0.274 e. The lowest BCUT2D eigenvalue weighted by molar-refractivity contribution is -0.122. The predicted octanol–water partition coefficient (Wildman–Crippen LogP) is 6.87. The maximum absolute atomic E-state index is 14.6. The summed E-state index contributed by atoms with van der Waals surface area (Å²) in [6.45, 7) is 8.13. The van der Waals surface area contributed by atoms with E-state index in [1.165, 1.54) is 10.5 Å². The molecule has 4 heteroatoms. The Morgan fingerprint density at radius 1 is 0.718 bits per heavy atom. The molecule has 0 radical (unpaired) electrons. The van der Waals surface area contributed by atoms with Gasteiger partial charge in [0, 0.05) is 12.1 Å². The molecule has 0 N–H and O–H groups in total. The van der Waals surface area contributed by atoms with E-state index in [4.69, 9.17) is 4.99 Å².